The van der Waals surface area contributed by atoms with Crippen molar-refractivity contribution in [2.24, 2.45) is 0 Å². The second kappa shape index (κ2) is 10.0. The zero-order chi connectivity index (χ0) is 26.6. The summed E-state index contributed by atoms with van der Waals surface area (Å²) in [5, 5.41) is 24.6. The van der Waals surface area contributed by atoms with Crippen molar-refractivity contribution >= 4 is 50.0 Å². The Morgan fingerprint density at radius 2 is 1.75 bits per heavy atom. The molecular formula is C20H13N3O12S. The number of carbonyl (C=O) groups excluding carboxylic acids is 2. The van der Waals surface area contributed by atoms with Crippen LogP contribution >= 0.6 is 0 Å². The second-order valence-electron chi connectivity index (χ2n) is 6.70. The van der Waals surface area contributed by atoms with Crippen LogP contribution in [0.15, 0.2) is 68.7 Å². The number of carbonyl (C=O) groups is 2. The van der Waals surface area contributed by atoms with Gasteiger partial charge in [0.05, 0.1) is 23.0 Å². The number of esters is 1. The lowest BCUT2D eigenvalue weighted by Gasteiger charge is -2.08. The number of hydrogen-bond donors (Lipinski definition) is 1. The Balaban J connectivity index is 1.91. The van der Waals surface area contributed by atoms with E-state index in [2.05, 4.69) is 10.1 Å². The van der Waals surface area contributed by atoms with E-state index in [4.69, 9.17) is 8.60 Å². The molecule has 0 unspecified atom stereocenters. The number of hydrogen-bond acceptors (Lipinski definition) is 12. The van der Waals surface area contributed by atoms with Crippen LogP contribution in [-0.4, -0.2) is 37.3 Å². The van der Waals surface area contributed by atoms with Gasteiger partial charge in [-0.05, 0) is 24.3 Å². The normalized spacial score (nSPS) is 11.2. The maximum atomic E-state index is 12.6. The van der Waals surface area contributed by atoms with Crippen molar-refractivity contribution in [2.75, 3.05) is 12.4 Å². The molecule has 15 nitrogen and oxygen atoms in total. The molecule has 1 heterocycles. The molecule has 16 heteroatoms. The molecule has 2 aromatic carbocycles. The highest BCUT2D eigenvalue weighted by Gasteiger charge is 2.30. The number of nitro groups is 2. The van der Waals surface area contributed by atoms with Gasteiger partial charge in [-0.3, -0.25) is 25.0 Å². The number of nitrogens with one attached hydrogen (secondary N) is 1. The van der Waals surface area contributed by atoms with E-state index in [1.54, 1.807) is 0 Å². The van der Waals surface area contributed by atoms with Crippen molar-refractivity contribution in [1.82, 2.24) is 0 Å². The fourth-order valence-corrected chi connectivity index (χ4v) is 3.83. The first-order valence-electron chi connectivity index (χ1n) is 9.43. The Morgan fingerprint density at radius 1 is 1.03 bits per heavy atom. The number of fused-ring (bicyclic) bond motifs is 1. The van der Waals surface area contributed by atoms with Gasteiger partial charge in [-0.2, -0.15) is 8.42 Å². The molecule has 0 atom stereocenters. The summed E-state index contributed by atoms with van der Waals surface area (Å²) >= 11 is 0. The van der Waals surface area contributed by atoms with Crippen molar-refractivity contribution in [3.05, 3.63) is 85.3 Å². The van der Waals surface area contributed by atoms with E-state index in [9.17, 15) is 43.0 Å². The molecule has 0 saturated carbocycles. The van der Waals surface area contributed by atoms with Crippen molar-refractivity contribution in [2.45, 2.75) is 4.90 Å². The van der Waals surface area contributed by atoms with Crippen molar-refractivity contribution in [3.8, 4) is 5.75 Å². The van der Waals surface area contributed by atoms with Crippen LogP contribution in [0.5, 0.6) is 5.75 Å². The van der Waals surface area contributed by atoms with Crippen LogP contribution in [0.4, 0.5) is 17.1 Å². The molecule has 186 valence electrons. The van der Waals surface area contributed by atoms with Crippen LogP contribution in [0.25, 0.3) is 11.0 Å². The summed E-state index contributed by atoms with van der Waals surface area (Å²) < 4.78 is 39.6. The minimum atomic E-state index is -4.84. The maximum absolute atomic E-state index is 12.6. The van der Waals surface area contributed by atoms with E-state index in [1.165, 1.54) is 12.1 Å². The fourth-order valence-electron chi connectivity index (χ4n) is 2.76. The highest BCUT2D eigenvalue weighted by atomic mass is 32.2. The van der Waals surface area contributed by atoms with Crippen LogP contribution in [0.3, 0.4) is 0 Å². The molecule has 0 bridgehead atoms. The summed E-state index contributed by atoms with van der Waals surface area (Å²) in [6.07, 6.45) is 1.66. The minimum absolute atomic E-state index is 0.158. The van der Waals surface area contributed by atoms with Gasteiger partial charge in [-0.15, -0.1) is 0 Å². The number of nitro benzene ring substituents is 2. The van der Waals surface area contributed by atoms with Gasteiger partial charge < -0.3 is 18.7 Å². The van der Waals surface area contributed by atoms with Crippen LogP contribution in [0.2, 0.25) is 0 Å². The minimum Gasteiger partial charge on any atom is -0.466 e. The smallest absolute Gasteiger partial charge is 0.360 e. The molecule has 0 fully saturated rings. The van der Waals surface area contributed by atoms with Gasteiger partial charge in [0, 0.05) is 29.7 Å². The number of methoxy groups -OCH3 is 1. The van der Waals surface area contributed by atoms with Crippen LogP contribution in [0, 0.1) is 20.2 Å². The van der Waals surface area contributed by atoms with E-state index in [-0.39, 0.29) is 16.7 Å². The zero-order valence-corrected chi connectivity index (χ0v) is 18.7. The van der Waals surface area contributed by atoms with Crippen LogP contribution < -0.4 is 15.1 Å². The molecule has 36 heavy (non-hydrogen) atoms. The van der Waals surface area contributed by atoms with Gasteiger partial charge >= 0.3 is 21.7 Å². The number of ether oxygens (including phenoxy) is 1. The summed E-state index contributed by atoms with van der Waals surface area (Å²) in [5.41, 5.74) is -3.23. The summed E-state index contributed by atoms with van der Waals surface area (Å²) in [6, 6.07) is 6.53. The lowest BCUT2D eigenvalue weighted by atomic mass is 10.2. The van der Waals surface area contributed by atoms with Gasteiger partial charge in [0.1, 0.15) is 17.0 Å². The topological polar surface area (TPSA) is 215 Å². The molecule has 1 N–H and O–H groups in total. The molecular weight excluding hydrogens is 506 g/mol. The standard InChI is InChI=1S/C20H13N3O12S/c1-33-19(25)7-6-18(24)21-14-8-11-2-4-13(10-16(11)34-20(14)26)35-36(31,32)17-5-3-12(22(27)28)9-15(17)23(29)30/h2-10H,1H3,(H,21,24)/b7-6+. The first-order valence-corrected chi connectivity index (χ1v) is 10.8. The average molecular weight is 519 g/mol. The lowest BCUT2D eigenvalue weighted by Crippen LogP contribution is -2.16. The third-order valence-corrected chi connectivity index (χ3v) is 5.66. The number of anilines is 1. The molecule has 0 aliphatic rings. The molecule has 0 aliphatic carbocycles. The molecule has 0 aliphatic heterocycles. The Labute approximate surface area is 200 Å². The molecule has 1 aromatic heterocycles. The second-order valence-corrected chi connectivity index (χ2v) is 8.21. The van der Waals surface area contributed by atoms with E-state index < -0.39 is 59.5 Å². The first-order chi connectivity index (χ1) is 16.9. The summed E-state index contributed by atoms with van der Waals surface area (Å²) in [5.74, 6) is -2.02. The van der Waals surface area contributed by atoms with Crippen molar-refractivity contribution in [1.29, 1.82) is 0 Å². The van der Waals surface area contributed by atoms with Crippen molar-refractivity contribution in [3.63, 3.8) is 0 Å². The Kier molecular flexibility index (Phi) is 7.10. The van der Waals surface area contributed by atoms with E-state index in [0.717, 1.165) is 37.5 Å². The lowest BCUT2D eigenvalue weighted by molar-refractivity contribution is -0.396. The maximum Gasteiger partial charge on any atom is 0.360 e. The number of benzene rings is 2. The molecule has 3 aromatic rings. The number of non-ortho nitro benzene ring substituents is 1. The summed E-state index contributed by atoms with van der Waals surface area (Å²) in [6.45, 7) is 0. The Bertz CT molecular complexity index is 1610. The highest BCUT2D eigenvalue weighted by Crippen LogP contribution is 2.31. The summed E-state index contributed by atoms with van der Waals surface area (Å²) in [7, 11) is -3.73. The highest BCUT2D eigenvalue weighted by molar-refractivity contribution is 7.87. The molecule has 0 spiro atoms. The number of rotatable bonds is 8. The van der Waals surface area contributed by atoms with Gasteiger partial charge in [0.15, 0.2) is 4.90 Å². The largest absolute Gasteiger partial charge is 0.466 e. The summed E-state index contributed by atoms with van der Waals surface area (Å²) in [4.78, 5) is 54.2. The van der Waals surface area contributed by atoms with Crippen LogP contribution in [0.1, 0.15) is 0 Å². The third kappa shape index (κ3) is 5.68. The molecule has 3 rings (SSSR count). The van der Waals surface area contributed by atoms with Crippen LogP contribution in [-0.2, 0) is 24.4 Å². The predicted molar refractivity (Wildman–Crippen MR) is 120 cm³/mol. The van der Waals surface area contributed by atoms with Gasteiger partial charge in [0.25, 0.3) is 11.4 Å². The van der Waals surface area contributed by atoms with E-state index in [0.29, 0.717) is 12.1 Å². The fraction of sp³-hybridized carbons (Fsp3) is 0.0500. The zero-order valence-electron chi connectivity index (χ0n) is 17.9. The Hall–Kier alpha value is -5.12. The monoisotopic (exact) mass is 519 g/mol. The van der Waals surface area contributed by atoms with E-state index in [1.807, 2.05) is 0 Å². The first kappa shape index (κ1) is 25.5. The average Bonchev–Trinajstić information content (AvgIpc) is 2.82. The molecule has 0 saturated heterocycles. The number of amides is 1. The Morgan fingerprint density at radius 3 is 2.39 bits per heavy atom. The predicted octanol–water partition coefficient (Wildman–Crippen LogP) is 2.04. The van der Waals surface area contributed by atoms with Gasteiger partial charge in [0.2, 0.25) is 5.91 Å². The van der Waals surface area contributed by atoms with Gasteiger partial charge in [-0.25, -0.2) is 9.59 Å². The van der Waals surface area contributed by atoms with Gasteiger partial charge in [-0.1, -0.05) is 0 Å². The van der Waals surface area contributed by atoms with E-state index >= 15 is 0 Å². The van der Waals surface area contributed by atoms with Crippen molar-refractivity contribution < 1.29 is 41.2 Å². The SMILES string of the molecule is COC(=O)/C=C/C(=O)Nc1cc2ccc(OS(=O)(=O)c3ccc([N+](=O)[O-])cc3[N+](=O)[O-])cc2oc1=O. The quantitative estimate of drug-likeness (QED) is 0.113. The molecule has 0 radical (unpaired) electrons. The molecule has 1 amide bonds. The number of nitrogens with zero attached hydrogens (tertiary/aromatic N) is 2. The third-order valence-electron chi connectivity index (χ3n) is 4.36.